The van der Waals surface area contributed by atoms with Gasteiger partial charge in [-0.2, -0.15) is 0 Å². The summed E-state index contributed by atoms with van der Waals surface area (Å²) >= 11 is 0. The zero-order valence-electron chi connectivity index (χ0n) is 12.9. The summed E-state index contributed by atoms with van der Waals surface area (Å²) in [5.41, 5.74) is 0.474. The lowest BCUT2D eigenvalue weighted by Gasteiger charge is -2.07. The van der Waals surface area contributed by atoms with Crippen molar-refractivity contribution in [2.24, 2.45) is 0 Å². The topological polar surface area (TPSA) is 57.4 Å². The molecule has 4 nitrogen and oxygen atoms in total. The lowest BCUT2D eigenvalue weighted by molar-refractivity contribution is -0.001000. The van der Waals surface area contributed by atoms with Crippen LogP contribution in [0.3, 0.4) is 0 Å². The van der Waals surface area contributed by atoms with Gasteiger partial charge in [0.05, 0.1) is 18.2 Å². The average molecular weight is 363 g/mol. The van der Waals surface area contributed by atoms with Crippen LogP contribution in [-0.2, 0) is 6.54 Å². The molecule has 2 rings (SSSR count). The SMILES string of the molecule is CC(O)CNCCNCc1ccc(-c2ccccc2F)o1.[Cl-].[Cl-]. The van der Waals surface area contributed by atoms with Crippen LogP contribution in [0.2, 0.25) is 0 Å². The molecule has 23 heavy (non-hydrogen) atoms. The Bertz CT molecular complexity index is 565. The second-order valence-electron chi connectivity index (χ2n) is 4.98. The van der Waals surface area contributed by atoms with Gasteiger partial charge in [0.2, 0.25) is 0 Å². The second-order valence-corrected chi connectivity index (χ2v) is 4.98. The van der Waals surface area contributed by atoms with Crippen LogP contribution in [0.1, 0.15) is 12.7 Å². The number of halogens is 3. The number of benzene rings is 1. The Balaban J connectivity index is 0.00000242. The van der Waals surface area contributed by atoms with Crippen LogP contribution in [0, 0.1) is 5.82 Å². The Morgan fingerprint density at radius 1 is 1.09 bits per heavy atom. The van der Waals surface area contributed by atoms with E-state index < -0.39 is 0 Å². The van der Waals surface area contributed by atoms with E-state index in [0.29, 0.717) is 24.4 Å². The van der Waals surface area contributed by atoms with E-state index in [-0.39, 0.29) is 36.7 Å². The normalized spacial score (nSPS) is 11.4. The first kappa shape index (κ1) is 21.9. The number of nitrogens with one attached hydrogen (secondary N) is 2. The largest absolute Gasteiger partial charge is 1.00 e. The number of hydrogen-bond acceptors (Lipinski definition) is 4. The van der Waals surface area contributed by atoms with Gasteiger partial charge in [0.25, 0.3) is 0 Å². The molecule has 0 radical (unpaired) electrons. The molecule has 1 atom stereocenters. The molecule has 0 saturated carbocycles. The fraction of sp³-hybridized carbons (Fsp3) is 0.375. The molecule has 0 aliphatic heterocycles. The fourth-order valence-corrected chi connectivity index (χ4v) is 1.98. The zero-order valence-corrected chi connectivity index (χ0v) is 14.4. The van der Waals surface area contributed by atoms with Gasteiger partial charge >= 0.3 is 0 Å². The Hall–Kier alpha value is -1.11. The molecule has 0 amide bonds. The Labute approximate surface area is 148 Å². The first-order chi connectivity index (χ1) is 10.2. The maximum absolute atomic E-state index is 13.6. The highest BCUT2D eigenvalue weighted by molar-refractivity contribution is 5.58. The van der Waals surface area contributed by atoms with Crippen LogP contribution in [0.15, 0.2) is 40.8 Å². The molecule has 2 aromatic rings. The predicted molar refractivity (Wildman–Crippen MR) is 80.4 cm³/mol. The van der Waals surface area contributed by atoms with Gasteiger partial charge in [-0.05, 0) is 31.2 Å². The minimum absolute atomic E-state index is 0. The highest BCUT2D eigenvalue weighted by Gasteiger charge is 2.08. The third kappa shape index (κ3) is 7.33. The van der Waals surface area contributed by atoms with Crippen LogP contribution >= 0.6 is 0 Å². The molecule has 1 unspecified atom stereocenters. The average Bonchev–Trinajstić information content (AvgIpc) is 2.91. The molecule has 7 heteroatoms. The summed E-state index contributed by atoms with van der Waals surface area (Å²) in [4.78, 5) is 0. The van der Waals surface area contributed by atoms with Crippen molar-refractivity contribution < 1.29 is 38.7 Å². The molecule has 0 fully saturated rings. The van der Waals surface area contributed by atoms with E-state index in [2.05, 4.69) is 10.6 Å². The van der Waals surface area contributed by atoms with Crippen molar-refractivity contribution in [2.45, 2.75) is 19.6 Å². The minimum Gasteiger partial charge on any atom is -1.00 e. The molecular formula is C16H21Cl2FN2O2-2. The summed E-state index contributed by atoms with van der Waals surface area (Å²) in [5.74, 6) is 1.02. The third-order valence-corrected chi connectivity index (χ3v) is 3.02. The standard InChI is InChI=1S/C16H21FN2O2.2ClH/c1-12(20)10-18-8-9-19-11-13-6-7-16(21-13)14-4-2-3-5-15(14)17;;/h2-7,12,18-20H,8-11H2,1H3;2*1H/p-2. The second kappa shape index (κ2) is 11.4. The van der Waals surface area contributed by atoms with E-state index in [4.69, 9.17) is 9.52 Å². The Kier molecular flexibility index (Phi) is 10.9. The first-order valence-corrected chi connectivity index (χ1v) is 7.10. The molecule has 0 bridgehead atoms. The van der Waals surface area contributed by atoms with E-state index in [1.54, 1.807) is 31.2 Å². The maximum Gasteiger partial charge on any atom is 0.137 e. The summed E-state index contributed by atoms with van der Waals surface area (Å²) in [6, 6.07) is 10.2. The predicted octanol–water partition coefficient (Wildman–Crippen LogP) is -3.85. The molecule has 130 valence electrons. The van der Waals surface area contributed by atoms with Gasteiger partial charge in [-0.1, -0.05) is 12.1 Å². The van der Waals surface area contributed by atoms with Gasteiger partial charge in [-0.15, -0.1) is 0 Å². The van der Waals surface area contributed by atoms with E-state index in [1.165, 1.54) is 6.07 Å². The van der Waals surface area contributed by atoms with Gasteiger partial charge in [-0.25, -0.2) is 4.39 Å². The minimum atomic E-state index is -0.335. The van der Waals surface area contributed by atoms with Crippen molar-refractivity contribution in [3.63, 3.8) is 0 Å². The van der Waals surface area contributed by atoms with Gasteiger partial charge in [-0.3, -0.25) is 0 Å². The molecule has 0 spiro atoms. The van der Waals surface area contributed by atoms with E-state index in [0.717, 1.165) is 18.8 Å². The number of furan rings is 1. The maximum atomic E-state index is 13.6. The third-order valence-electron chi connectivity index (χ3n) is 3.02. The van der Waals surface area contributed by atoms with Crippen LogP contribution in [0.25, 0.3) is 11.3 Å². The van der Waals surface area contributed by atoms with Gasteiger partial charge in [0, 0.05) is 19.6 Å². The molecule has 1 aromatic heterocycles. The molecule has 0 saturated heterocycles. The lowest BCUT2D eigenvalue weighted by Crippen LogP contribution is -3.00. The number of rotatable bonds is 8. The van der Waals surface area contributed by atoms with Crippen molar-refractivity contribution in [2.75, 3.05) is 19.6 Å². The van der Waals surface area contributed by atoms with Gasteiger partial charge in [0.1, 0.15) is 17.3 Å². The molecule has 1 heterocycles. The summed E-state index contributed by atoms with van der Waals surface area (Å²) in [6.45, 7) is 4.45. The molecule has 3 N–H and O–H groups in total. The fourth-order valence-electron chi connectivity index (χ4n) is 1.98. The van der Waals surface area contributed by atoms with Crippen LogP contribution in [0.5, 0.6) is 0 Å². The summed E-state index contributed by atoms with van der Waals surface area (Å²) in [5, 5.41) is 15.4. The van der Waals surface area contributed by atoms with Crippen molar-refractivity contribution in [1.29, 1.82) is 0 Å². The van der Waals surface area contributed by atoms with Crippen molar-refractivity contribution >= 4 is 0 Å². The molecular weight excluding hydrogens is 342 g/mol. The quantitative estimate of drug-likeness (QED) is 0.421. The molecule has 0 aliphatic carbocycles. The summed E-state index contributed by atoms with van der Waals surface area (Å²) in [6.07, 6.45) is -0.335. The Morgan fingerprint density at radius 2 is 1.78 bits per heavy atom. The number of aliphatic hydroxyl groups is 1. The van der Waals surface area contributed by atoms with E-state index in [1.807, 2.05) is 6.07 Å². The lowest BCUT2D eigenvalue weighted by atomic mass is 10.1. The Morgan fingerprint density at radius 3 is 2.48 bits per heavy atom. The van der Waals surface area contributed by atoms with Crippen molar-refractivity contribution in [1.82, 2.24) is 10.6 Å². The smallest absolute Gasteiger partial charge is 0.137 e. The summed E-state index contributed by atoms with van der Waals surface area (Å²) in [7, 11) is 0. The number of aliphatic hydroxyl groups excluding tert-OH is 1. The van der Waals surface area contributed by atoms with E-state index in [9.17, 15) is 4.39 Å². The number of hydrogen-bond donors (Lipinski definition) is 3. The zero-order chi connectivity index (χ0) is 15.1. The monoisotopic (exact) mass is 362 g/mol. The first-order valence-electron chi connectivity index (χ1n) is 7.10. The van der Waals surface area contributed by atoms with Crippen LogP contribution < -0.4 is 35.4 Å². The van der Waals surface area contributed by atoms with Gasteiger partial charge < -0.3 is 45.0 Å². The molecule has 0 aliphatic rings. The van der Waals surface area contributed by atoms with Crippen LogP contribution in [-0.4, -0.2) is 30.8 Å². The van der Waals surface area contributed by atoms with Gasteiger partial charge in [0.15, 0.2) is 0 Å². The van der Waals surface area contributed by atoms with Crippen LogP contribution in [0.4, 0.5) is 4.39 Å². The van der Waals surface area contributed by atoms with Crippen molar-refractivity contribution in [3.8, 4) is 11.3 Å². The van der Waals surface area contributed by atoms with Crippen molar-refractivity contribution in [3.05, 3.63) is 48.0 Å². The van der Waals surface area contributed by atoms with E-state index >= 15 is 0 Å². The summed E-state index contributed by atoms with van der Waals surface area (Å²) < 4.78 is 19.3. The highest BCUT2D eigenvalue weighted by atomic mass is 35.5. The highest BCUT2D eigenvalue weighted by Crippen LogP contribution is 2.24. The molecule has 1 aromatic carbocycles.